The molecule has 2 saturated carbocycles. The molecule has 40 heavy (non-hydrogen) atoms. The van der Waals surface area contributed by atoms with Crippen LogP contribution in [0.5, 0.6) is 0 Å². The molecule has 4 rings (SSSR count). The molecule has 1 nitrogen and oxygen atoms in total. The lowest BCUT2D eigenvalue weighted by Gasteiger charge is -2.29. The second-order valence-corrected chi connectivity index (χ2v) is 12.4. The zero-order chi connectivity index (χ0) is 28.5. The molecule has 5 heteroatoms. The van der Waals surface area contributed by atoms with Crippen molar-refractivity contribution >= 4 is 0 Å². The van der Waals surface area contributed by atoms with Crippen LogP contribution in [0.15, 0.2) is 36.4 Å². The van der Waals surface area contributed by atoms with Crippen LogP contribution in [0.25, 0.3) is 0 Å². The van der Waals surface area contributed by atoms with Gasteiger partial charge in [0.05, 0.1) is 12.2 Å². The maximum Gasteiger partial charge on any atom is 0.386 e. The van der Waals surface area contributed by atoms with E-state index in [2.05, 4.69) is 26.0 Å². The first-order chi connectivity index (χ1) is 19.3. The predicted octanol–water partition coefficient (Wildman–Crippen LogP) is 11.2. The van der Waals surface area contributed by atoms with E-state index in [0.717, 1.165) is 43.2 Å². The number of halogens is 4. The van der Waals surface area contributed by atoms with Gasteiger partial charge in [0, 0.05) is 0 Å². The third-order valence-electron chi connectivity index (χ3n) is 9.60. The molecule has 0 amide bonds. The Kier molecular flexibility index (Phi) is 11.5. The minimum atomic E-state index is -3.89. The number of ether oxygens (including phenoxy) is 1. The van der Waals surface area contributed by atoms with Gasteiger partial charge in [0.15, 0.2) is 11.6 Å². The maximum atomic E-state index is 15.0. The number of hydrogen-bond donors (Lipinski definition) is 0. The summed E-state index contributed by atoms with van der Waals surface area (Å²) in [7, 11) is 0. The van der Waals surface area contributed by atoms with E-state index in [9.17, 15) is 17.6 Å². The minimum absolute atomic E-state index is 0.116. The third kappa shape index (κ3) is 8.11. The molecule has 0 spiro atoms. The number of alkyl halides is 2. The first-order valence-corrected chi connectivity index (χ1v) is 15.9. The Morgan fingerprint density at radius 2 is 1.32 bits per heavy atom. The van der Waals surface area contributed by atoms with Crippen LogP contribution in [0.4, 0.5) is 17.6 Å². The molecule has 0 aliphatic heterocycles. The second-order valence-electron chi connectivity index (χ2n) is 12.4. The molecule has 2 fully saturated rings. The summed E-state index contributed by atoms with van der Waals surface area (Å²) in [6, 6.07) is 10.5. The van der Waals surface area contributed by atoms with Gasteiger partial charge in [-0.3, -0.25) is 0 Å². The minimum Gasteiger partial charge on any atom is -0.316 e. The van der Waals surface area contributed by atoms with Crippen LogP contribution >= 0.6 is 0 Å². The summed E-state index contributed by atoms with van der Waals surface area (Å²) in [5.74, 6) is -0.678. The van der Waals surface area contributed by atoms with Gasteiger partial charge in [-0.25, -0.2) is 8.78 Å². The van der Waals surface area contributed by atoms with E-state index in [0.29, 0.717) is 11.8 Å². The SMILES string of the molecule is CCCCC[C@H]1CC[C@H](c2ccc(C(F)(F)OCCc3ccc([C@H]4CC[C@H](CCC)CC4)cc3)c(F)c2F)CC1. The molecule has 222 valence electrons. The van der Waals surface area contributed by atoms with E-state index in [4.69, 9.17) is 4.74 Å². The Balaban J connectivity index is 1.27. The molecule has 0 saturated heterocycles. The van der Waals surface area contributed by atoms with E-state index in [-0.39, 0.29) is 24.5 Å². The van der Waals surface area contributed by atoms with Crippen LogP contribution < -0.4 is 0 Å². The van der Waals surface area contributed by atoms with Gasteiger partial charge < -0.3 is 4.74 Å². The van der Waals surface area contributed by atoms with Crippen molar-refractivity contribution in [2.75, 3.05) is 6.61 Å². The van der Waals surface area contributed by atoms with Gasteiger partial charge in [0.25, 0.3) is 0 Å². The van der Waals surface area contributed by atoms with Gasteiger partial charge in [0.2, 0.25) is 0 Å². The largest absolute Gasteiger partial charge is 0.386 e. The fourth-order valence-electron chi connectivity index (χ4n) is 7.07. The quantitative estimate of drug-likeness (QED) is 0.175. The highest BCUT2D eigenvalue weighted by Gasteiger charge is 2.38. The molecule has 0 aromatic heterocycles. The molecule has 2 aliphatic rings. The van der Waals surface area contributed by atoms with E-state index in [1.54, 1.807) is 0 Å². The highest BCUT2D eigenvalue weighted by molar-refractivity contribution is 5.31. The van der Waals surface area contributed by atoms with Crippen molar-refractivity contribution in [1.29, 1.82) is 0 Å². The van der Waals surface area contributed by atoms with Gasteiger partial charge in [-0.15, -0.1) is 0 Å². The highest BCUT2D eigenvalue weighted by Crippen LogP contribution is 2.41. The predicted molar refractivity (Wildman–Crippen MR) is 155 cm³/mol. The smallest absolute Gasteiger partial charge is 0.316 e. The van der Waals surface area contributed by atoms with Gasteiger partial charge in [0.1, 0.15) is 0 Å². The van der Waals surface area contributed by atoms with Gasteiger partial charge >= 0.3 is 6.11 Å². The zero-order valence-electron chi connectivity index (χ0n) is 24.5. The summed E-state index contributed by atoms with van der Waals surface area (Å²) >= 11 is 0. The summed E-state index contributed by atoms with van der Waals surface area (Å²) in [6.45, 7) is 4.15. The number of unbranched alkanes of at least 4 members (excludes halogenated alkanes) is 2. The Hall–Kier alpha value is -1.88. The Morgan fingerprint density at radius 1 is 0.700 bits per heavy atom. The van der Waals surface area contributed by atoms with Gasteiger partial charge in [-0.05, 0) is 104 Å². The molecule has 0 atom stereocenters. The lowest BCUT2D eigenvalue weighted by Crippen LogP contribution is -2.23. The van der Waals surface area contributed by atoms with Crippen LogP contribution in [0.2, 0.25) is 0 Å². The summed E-state index contributed by atoms with van der Waals surface area (Å²) in [4.78, 5) is 0. The highest BCUT2D eigenvalue weighted by atomic mass is 19.3. The van der Waals surface area contributed by atoms with Crippen LogP contribution in [0.3, 0.4) is 0 Å². The van der Waals surface area contributed by atoms with Crippen molar-refractivity contribution in [3.8, 4) is 0 Å². The van der Waals surface area contributed by atoms with Crippen molar-refractivity contribution < 1.29 is 22.3 Å². The van der Waals surface area contributed by atoms with Crippen LogP contribution in [-0.4, -0.2) is 6.61 Å². The molecule has 2 aromatic carbocycles. The second kappa shape index (κ2) is 14.8. The van der Waals surface area contributed by atoms with Crippen molar-refractivity contribution in [3.05, 3.63) is 70.3 Å². The summed E-state index contributed by atoms with van der Waals surface area (Å²) in [5.41, 5.74) is 1.41. The third-order valence-corrected chi connectivity index (χ3v) is 9.60. The topological polar surface area (TPSA) is 9.23 Å². The average molecular weight is 561 g/mol. The molecule has 0 N–H and O–H groups in total. The first kappa shape index (κ1) is 31.1. The lowest BCUT2D eigenvalue weighted by atomic mass is 9.76. The van der Waals surface area contributed by atoms with Crippen LogP contribution in [0, 0.1) is 23.5 Å². The van der Waals surface area contributed by atoms with E-state index in [1.165, 1.54) is 75.8 Å². The van der Waals surface area contributed by atoms with E-state index < -0.39 is 23.3 Å². The Labute approximate surface area is 239 Å². The van der Waals surface area contributed by atoms with E-state index >= 15 is 0 Å². The lowest BCUT2D eigenvalue weighted by molar-refractivity contribution is -0.249. The molecule has 0 unspecified atom stereocenters. The number of hydrogen-bond acceptors (Lipinski definition) is 1. The number of rotatable bonds is 13. The first-order valence-electron chi connectivity index (χ1n) is 15.9. The number of benzene rings is 2. The summed E-state index contributed by atoms with van der Waals surface area (Å²) in [6.07, 6.45) is 12.3. The average Bonchev–Trinajstić information content (AvgIpc) is 2.96. The molecule has 2 aromatic rings. The molecule has 0 bridgehead atoms. The fraction of sp³-hybridized carbons (Fsp3) is 0.657. The van der Waals surface area contributed by atoms with Gasteiger partial charge in [-0.1, -0.05) is 82.7 Å². The molecule has 2 aliphatic carbocycles. The molecular weight excluding hydrogens is 512 g/mol. The van der Waals surface area contributed by atoms with Crippen molar-refractivity contribution in [1.82, 2.24) is 0 Å². The maximum absolute atomic E-state index is 15.0. The zero-order valence-corrected chi connectivity index (χ0v) is 24.5. The fourth-order valence-corrected chi connectivity index (χ4v) is 7.07. The normalized spacial score (nSPS) is 23.9. The molecule has 0 heterocycles. The molecular formula is C35H48F4O. The monoisotopic (exact) mass is 560 g/mol. The Bertz CT molecular complexity index is 1030. The van der Waals surface area contributed by atoms with Crippen LogP contribution in [-0.2, 0) is 17.3 Å². The Morgan fingerprint density at radius 3 is 1.95 bits per heavy atom. The standard InChI is InChI=1S/C35H48F4O/c1-3-5-6-8-26-13-19-30(20-14-26)31-21-22-32(34(37)33(31)36)35(38,39)40-24-23-27-11-17-29(18-12-27)28-15-9-25(7-4-2)10-16-28/h11-12,17-18,21-22,25-26,28,30H,3-10,13-16,19-20,23-24H2,1-2H3/t25-,26-,28-,30-. The van der Waals surface area contributed by atoms with Crippen molar-refractivity contribution in [2.24, 2.45) is 11.8 Å². The summed E-state index contributed by atoms with van der Waals surface area (Å²) < 4.78 is 64.4. The van der Waals surface area contributed by atoms with E-state index in [1.807, 2.05) is 12.1 Å². The van der Waals surface area contributed by atoms with Gasteiger partial charge in [-0.2, -0.15) is 8.78 Å². The van der Waals surface area contributed by atoms with Crippen molar-refractivity contribution in [3.63, 3.8) is 0 Å². The van der Waals surface area contributed by atoms with Crippen molar-refractivity contribution in [2.45, 2.75) is 128 Å². The molecule has 0 radical (unpaired) electrons. The summed E-state index contributed by atoms with van der Waals surface area (Å²) in [5, 5.41) is 0. The van der Waals surface area contributed by atoms with Crippen LogP contribution in [0.1, 0.15) is 138 Å².